The number of aromatic nitrogens is 1. The van der Waals surface area contributed by atoms with Gasteiger partial charge in [0.15, 0.2) is 0 Å². The monoisotopic (exact) mass is 602 g/mol. The number of H-pyrrole nitrogens is 1. The molecule has 42 heavy (non-hydrogen) atoms. The molecule has 4 aromatic rings. The van der Waals surface area contributed by atoms with E-state index >= 15 is 0 Å². The van der Waals surface area contributed by atoms with Gasteiger partial charge in [0.1, 0.15) is 4.75 Å². The van der Waals surface area contributed by atoms with Gasteiger partial charge in [0.05, 0.1) is 25.7 Å². The first-order valence-corrected chi connectivity index (χ1v) is 15.7. The highest BCUT2D eigenvalue weighted by Crippen LogP contribution is 2.54. The predicted octanol–water partition coefficient (Wildman–Crippen LogP) is 5.66. The fraction of sp³-hybridized carbons (Fsp3) is 0.333. The zero-order valence-corrected chi connectivity index (χ0v) is 25.0. The van der Waals surface area contributed by atoms with Crippen molar-refractivity contribution in [2.45, 2.75) is 35.1 Å². The maximum Gasteiger partial charge on any atom is 0.239 e. The van der Waals surface area contributed by atoms with Crippen molar-refractivity contribution < 1.29 is 14.3 Å². The van der Waals surface area contributed by atoms with Crippen LogP contribution in [-0.2, 0) is 20.9 Å². The molecule has 7 nitrogen and oxygen atoms in total. The smallest absolute Gasteiger partial charge is 0.239 e. The topological polar surface area (TPSA) is 77.7 Å². The molecule has 0 aliphatic carbocycles. The summed E-state index contributed by atoms with van der Waals surface area (Å²) in [6.45, 7) is 5.17. The number of hydrogen-bond donors (Lipinski definition) is 2. The Hall–Kier alpha value is -3.30. The molecule has 2 N–H and O–H groups in total. The van der Waals surface area contributed by atoms with E-state index < -0.39 is 10.8 Å². The number of nitrogens with zero attached hydrogens (tertiary/aromatic N) is 2. The van der Waals surface area contributed by atoms with Gasteiger partial charge in [-0.25, -0.2) is 0 Å². The van der Waals surface area contributed by atoms with Crippen molar-refractivity contribution in [3.8, 4) is 0 Å². The second-order valence-electron chi connectivity index (χ2n) is 10.9. The number of thioether (sulfide) groups is 1. The van der Waals surface area contributed by atoms with E-state index in [0.717, 1.165) is 66.2 Å². The highest BCUT2D eigenvalue weighted by atomic mass is 35.5. The Morgan fingerprint density at radius 3 is 2.55 bits per heavy atom. The number of nitrogens with one attached hydrogen (secondary N) is 2. The van der Waals surface area contributed by atoms with Gasteiger partial charge in [-0.1, -0.05) is 66.2 Å². The summed E-state index contributed by atoms with van der Waals surface area (Å²) in [6, 6.07) is 25.1. The maximum absolute atomic E-state index is 14.5. The lowest BCUT2D eigenvalue weighted by molar-refractivity contribution is -0.129. The minimum absolute atomic E-state index is 0.0425. The molecular weight excluding hydrogens is 568 g/mol. The van der Waals surface area contributed by atoms with E-state index in [0.29, 0.717) is 18.1 Å². The molecule has 3 aromatic carbocycles. The Kier molecular flexibility index (Phi) is 8.86. The summed E-state index contributed by atoms with van der Waals surface area (Å²) in [7, 11) is 0. The quantitative estimate of drug-likeness (QED) is 0.229. The Morgan fingerprint density at radius 2 is 1.79 bits per heavy atom. The fourth-order valence-electron chi connectivity index (χ4n) is 6.06. The number of carbonyl (C=O) groups excluding carboxylic acids is 2. The third kappa shape index (κ3) is 6.08. The third-order valence-corrected chi connectivity index (χ3v) is 9.78. The van der Waals surface area contributed by atoms with Crippen molar-refractivity contribution in [2.75, 3.05) is 39.4 Å². The van der Waals surface area contributed by atoms with Gasteiger partial charge in [-0.3, -0.25) is 14.5 Å². The standard InChI is InChI=1S/C33H35ClN4O3S/c34-25-12-13-27-28(22-36-29(27)20-25)31-33(42-26-10-5-2-6-11-26,21-30(39)38(31)23-24-8-3-1-4-9-24)32(40)35-14-7-15-37-16-18-41-19-17-37/h1-6,8-13,20,22,31,36H,7,14-19,21,23H2,(H,35,40)/t31-,33-/m0/s1. The summed E-state index contributed by atoms with van der Waals surface area (Å²) < 4.78 is 4.39. The van der Waals surface area contributed by atoms with Crippen LogP contribution >= 0.6 is 23.4 Å². The van der Waals surface area contributed by atoms with E-state index in [4.69, 9.17) is 16.3 Å². The van der Waals surface area contributed by atoms with Crippen molar-refractivity contribution in [3.63, 3.8) is 0 Å². The average molecular weight is 603 g/mol. The molecule has 3 heterocycles. The van der Waals surface area contributed by atoms with Gasteiger partial charge in [-0.15, -0.1) is 11.8 Å². The molecule has 0 bridgehead atoms. The van der Waals surface area contributed by atoms with E-state index in [2.05, 4.69) is 15.2 Å². The molecule has 0 radical (unpaired) electrons. The van der Waals surface area contributed by atoms with E-state index in [1.807, 2.05) is 90.0 Å². The lowest BCUT2D eigenvalue weighted by atomic mass is 9.91. The fourth-order valence-corrected chi connectivity index (χ4v) is 7.68. The molecule has 2 fully saturated rings. The number of ether oxygens (including phenoxy) is 1. The number of amides is 2. The third-order valence-electron chi connectivity index (χ3n) is 8.12. The highest BCUT2D eigenvalue weighted by Gasteiger charge is 2.58. The number of fused-ring (bicyclic) bond motifs is 1. The SMILES string of the molecule is O=C1C[C@@](Sc2ccccc2)(C(=O)NCCCN2CCOCC2)[C@H](c2c[nH]c3cc(Cl)ccc23)N1Cc1ccccc1. The second kappa shape index (κ2) is 12.9. The Bertz CT molecular complexity index is 1530. The summed E-state index contributed by atoms with van der Waals surface area (Å²) >= 11 is 7.81. The van der Waals surface area contributed by atoms with Crippen molar-refractivity contribution in [2.24, 2.45) is 0 Å². The van der Waals surface area contributed by atoms with Crippen molar-refractivity contribution in [1.29, 1.82) is 0 Å². The van der Waals surface area contributed by atoms with Crippen LogP contribution in [0.25, 0.3) is 10.9 Å². The Labute approximate surface area is 255 Å². The molecule has 1 aromatic heterocycles. The maximum atomic E-state index is 14.5. The first-order chi connectivity index (χ1) is 20.5. The summed E-state index contributed by atoms with van der Waals surface area (Å²) in [5.74, 6) is -0.158. The first kappa shape index (κ1) is 28.8. The molecule has 9 heteroatoms. The van der Waals surface area contributed by atoms with Crippen LogP contribution in [0.2, 0.25) is 5.02 Å². The van der Waals surface area contributed by atoms with Crippen molar-refractivity contribution in [1.82, 2.24) is 20.1 Å². The molecule has 0 unspecified atom stereocenters. The number of morpholine rings is 1. The van der Waals surface area contributed by atoms with Crippen LogP contribution in [0.4, 0.5) is 0 Å². The van der Waals surface area contributed by atoms with Crippen molar-refractivity contribution in [3.05, 3.63) is 101 Å². The van der Waals surface area contributed by atoms with Crippen LogP contribution in [-0.4, -0.2) is 70.7 Å². The summed E-state index contributed by atoms with van der Waals surface area (Å²) in [6.07, 6.45) is 2.86. The van der Waals surface area contributed by atoms with Gasteiger partial charge in [-0.05, 0) is 42.8 Å². The van der Waals surface area contributed by atoms with Gasteiger partial charge in [0.25, 0.3) is 0 Å². The lowest BCUT2D eigenvalue weighted by Crippen LogP contribution is -2.48. The van der Waals surface area contributed by atoms with Gasteiger partial charge >= 0.3 is 0 Å². The molecule has 2 saturated heterocycles. The minimum atomic E-state index is -1.08. The molecule has 2 aliphatic heterocycles. The molecule has 6 rings (SSSR count). The van der Waals surface area contributed by atoms with Gasteiger partial charge in [0.2, 0.25) is 11.8 Å². The van der Waals surface area contributed by atoms with Crippen LogP contribution in [0, 0.1) is 0 Å². The zero-order chi connectivity index (χ0) is 28.9. The number of rotatable bonds is 10. The molecule has 2 aliphatic rings. The van der Waals surface area contributed by atoms with E-state index in [1.165, 1.54) is 11.8 Å². The normalized spacial score (nSPS) is 21.2. The molecule has 0 spiro atoms. The first-order valence-electron chi connectivity index (χ1n) is 14.5. The second-order valence-corrected chi connectivity index (χ2v) is 12.7. The minimum Gasteiger partial charge on any atom is -0.379 e. The van der Waals surface area contributed by atoms with Crippen LogP contribution in [0.15, 0.2) is 90.0 Å². The number of aromatic amines is 1. The molecule has 218 valence electrons. The zero-order valence-electron chi connectivity index (χ0n) is 23.4. The summed E-state index contributed by atoms with van der Waals surface area (Å²) in [5, 5.41) is 4.83. The molecule has 2 atom stereocenters. The molecule has 0 saturated carbocycles. The number of hydrogen-bond acceptors (Lipinski definition) is 5. The largest absolute Gasteiger partial charge is 0.379 e. The summed E-state index contributed by atoms with van der Waals surface area (Å²) in [5.41, 5.74) is 2.81. The van der Waals surface area contributed by atoms with Gasteiger partial charge in [-0.2, -0.15) is 0 Å². The number of likely N-dealkylation sites (tertiary alicyclic amines) is 1. The lowest BCUT2D eigenvalue weighted by Gasteiger charge is -2.36. The summed E-state index contributed by atoms with van der Waals surface area (Å²) in [4.78, 5) is 37.0. The Morgan fingerprint density at radius 1 is 1.05 bits per heavy atom. The predicted molar refractivity (Wildman–Crippen MR) is 168 cm³/mol. The number of carbonyl (C=O) groups is 2. The number of halogens is 1. The van der Waals surface area contributed by atoms with Gasteiger partial charge < -0.3 is 19.9 Å². The number of benzene rings is 3. The molecular formula is C33H35ClN4O3S. The van der Waals surface area contributed by atoms with E-state index in [9.17, 15) is 9.59 Å². The van der Waals surface area contributed by atoms with E-state index in [-0.39, 0.29) is 18.2 Å². The molecule has 2 amide bonds. The highest BCUT2D eigenvalue weighted by molar-refractivity contribution is 8.01. The van der Waals surface area contributed by atoms with Crippen LogP contribution in [0.5, 0.6) is 0 Å². The van der Waals surface area contributed by atoms with Crippen LogP contribution < -0.4 is 5.32 Å². The Balaban J connectivity index is 1.37. The van der Waals surface area contributed by atoms with Crippen LogP contribution in [0.3, 0.4) is 0 Å². The average Bonchev–Trinajstić information content (AvgIpc) is 3.54. The van der Waals surface area contributed by atoms with Gasteiger partial charge in [0, 0.05) is 58.8 Å². The van der Waals surface area contributed by atoms with E-state index in [1.54, 1.807) is 0 Å². The van der Waals surface area contributed by atoms with Crippen LogP contribution in [0.1, 0.15) is 30.0 Å². The van der Waals surface area contributed by atoms with Crippen molar-refractivity contribution >= 4 is 46.1 Å².